The van der Waals surface area contributed by atoms with Crippen LogP contribution >= 0.6 is 11.3 Å². The second-order valence-corrected chi connectivity index (χ2v) is 9.96. The van der Waals surface area contributed by atoms with E-state index in [2.05, 4.69) is 130 Å². The molecule has 0 aliphatic carbocycles. The molecule has 0 aliphatic heterocycles. The number of aromatic nitrogens is 2. The number of fused-ring (bicyclic) bond motifs is 8. The molecule has 0 saturated carbocycles. The fourth-order valence-electron chi connectivity index (χ4n) is 5.69. The average Bonchev–Trinajstić information content (AvgIpc) is 3.61. The first-order valence-corrected chi connectivity index (χ1v) is 12.7. The number of rotatable bonds is 2. The lowest BCUT2D eigenvalue weighted by Crippen LogP contribution is -1.97. The van der Waals surface area contributed by atoms with E-state index in [9.17, 15) is 0 Å². The number of benzene rings is 5. The molecule has 3 heterocycles. The molecule has 0 saturated heterocycles. The van der Waals surface area contributed by atoms with Crippen LogP contribution in [0.1, 0.15) is 0 Å². The average molecular weight is 465 g/mol. The quantitative estimate of drug-likeness (QED) is 0.241. The van der Waals surface area contributed by atoms with Crippen LogP contribution in [0.5, 0.6) is 0 Å². The molecule has 0 bridgehead atoms. The molecule has 8 rings (SSSR count). The summed E-state index contributed by atoms with van der Waals surface area (Å²) in [7, 11) is 0. The summed E-state index contributed by atoms with van der Waals surface area (Å²) in [6.45, 7) is 0. The minimum atomic E-state index is 1.17. The largest absolute Gasteiger partial charge is 0.309 e. The summed E-state index contributed by atoms with van der Waals surface area (Å²) >= 11 is 1.82. The Labute approximate surface area is 205 Å². The van der Waals surface area contributed by atoms with E-state index in [1.807, 2.05) is 11.3 Å². The molecule has 0 radical (unpaired) electrons. The molecule has 8 aromatic rings. The van der Waals surface area contributed by atoms with Gasteiger partial charge in [-0.05, 0) is 59.3 Å². The fraction of sp³-hybridized carbons (Fsp3) is 0. The lowest BCUT2D eigenvalue weighted by molar-refractivity contribution is 1.15. The molecule has 3 heteroatoms. The van der Waals surface area contributed by atoms with Crippen molar-refractivity contribution < 1.29 is 0 Å². The van der Waals surface area contributed by atoms with Crippen molar-refractivity contribution in [2.45, 2.75) is 0 Å². The Balaban J connectivity index is 1.40. The SMILES string of the molecule is c1ccc2c(c1)c1ccccc1n2-c1ccc(-n2c3ccccc3c3ccc4ccsc4c32)cc1. The lowest BCUT2D eigenvalue weighted by Gasteiger charge is -2.12. The Kier molecular flexibility index (Phi) is 3.85. The molecule has 0 unspecified atom stereocenters. The number of thiophene rings is 1. The van der Waals surface area contributed by atoms with Gasteiger partial charge in [0.25, 0.3) is 0 Å². The second-order valence-electron chi connectivity index (χ2n) is 9.04. The number of hydrogen-bond acceptors (Lipinski definition) is 1. The van der Waals surface area contributed by atoms with Gasteiger partial charge < -0.3 is 9.13 Å². The van der Waals surface area contributed by atoms with Gasteiger partial charge in [0.2, 0.25) is 0 Å². The van der Waals surface area contributed by atoms with Crippen molar-refractivity contribution in [1.82, 2.24) is 9.13 Å². The first-order chi connectivity index (χ1) is 17.4. The molecule has 0 atom stereocenters. The van der Waals surface area contributed by atoms with Crippen LogP contribution in [-0.2, 0) is 0 Å². The van der Waals surface area contributed by atoms with E-state index in [1.54, 1.807) is 0 Å². The highest BCUT2D eigenvalue weighted by Gasteiger charge is 2.16. The molecule has 5 aromatic carbocycles. The number of nitrogens with zero attached hydrogens (tertiary/aromatic N) is 2. The minimum Gasteiger partial charge on any atom is -0.309 e. The van der Waals surface area contributed by atoms with Crippen LogP contribution in [-0.4, -0.2) is 9.13 Å². The van der Waals surface area contributed by atoms with E-state index in [0.29, 0.717) is 0 Å². The van der Waals surface area contributed by atoms with Gasteiger partial charge in [-0.2, -0.15) is 0 Å². The summed E-state index contributed by atoms with van der Waals surface area (Å²) < 4.78 is 6.14. The normalized spacial score (nSPS) is 12.0. The van der Waals surface area contributed by atoms with E-state index in [0.717, 1.165) is 0 Å². The van der Waals surface area contributed by atoms with Crippen molar-refractivity contribution >= 4 is 65.0 Å². The summed E-state index contributed by atoms with van der Waals surface area (Å²) in [5.74, 6) is 0. The van der Waals surface area contributed by atoms with E-state index in [4.69, 9.17) is 0 Å². The molecular formula is C32H20N2S. The number of para-hydroxylation sites is 3. The molecular weight excluding hydrogens is 444 g/mol. The molecule has 164 valence electrons. The van der Waals surface area contributed by atoms with Crippen molar-refractivity contribution in [2.24, 2.45) is 0 Å². The van der Waals surface area contributed by atoms with Crippen LogP contribution in [0.2, 0.25) is 0 Å². The highest BCUT2D eigenvalue weighted by atomic mass is 32.1. The topological polar surface area (TPSA) is 9.86 Å². The zero-order valence-electron chi connectivity index (χ0n) is 18.8. The molecule has 2 nitrogen and oxygen atoms in total. The fourth-order valence-corrected chi connectivity index (χ4v) is 6.63. The third-order valence-electron chi connectivity index (χ3n) is 7.20. The Morgan fingerprint density at radius 3 is 1.57 bits per heavy atom. The Bertz CT molecular complexity index is 2000. The first-order valence-electron chi connectivity index (χ1n) is 11.9. The van der Waals surface area contributed by atoms with Gasteiger partial charge in [-0.15, -0.1) is 11.3 Å². The van der Waals surface area contributed by atoms with Crippen molar-refractivity contribution in [3.8, 4) is 11.4 Å². The van der Waals surface area contributed by atoms with Crippen LogP contribution in [0.3, 0.4) is 0 Å². The van der Waals surface area contributed by atoms with Crippen LogP contribution in [0.4, 0.5) is 0 Å². The van der Waals surface area contributed by atoms with Gasteiger partial charge in [0.05, 0.1) is 26.8 Å². The Morgan fingerprint density at radius 1 is 0.429 bits per heavy atom. The van der Waals surface area contributed by atoms with Crippen molar-refractivity contribution in [3.63, 3.8) is 0 Å². The van der Waals surface area contributed by atoms with Crippen LogP contribution in [0.15, 0.2) is 121 Å². The van der Waals surface area contributed by atoms with Gasteiger partial charge in [-0.25, -0.2) is 0 Å². The maximum Gasteiger partial charge on any atom is 0.0719 e. The predicted octanol–water partition coefficient (Wildman–Crippen LogP) is 9.10. The maximum atomic E-state index is 2.43. The van der Waals surface area contributed by atoms with Crippen LogP contribution in [0.25, 0.3) is 65.1 Å². The molecule has 35 heavy (non-hydrogen) atoms. The lowest BCUT2D eigenvalue weighted by atomic mass is 10.1. The first kappa shape index (κ1) is 19.0. The molecule has 0 aliphatic rings. The monoisotopic (exact) mass is 464 g/mol. The third-order valence-corrected chi connectivity index (χ3v) is 8.14. The van der Waals surface area contributed by atoms with E-state index in [1.165, 1.54) is 65.1 Å². The van der Waals surface area contributed by atoms with Crippen LogP contribution in [0, 0.1) is 0 Å². The summed E-state index contributed by atoms with van der Waals surface area (Å²) in [6.07, 6.45) is 0. The van der Waals surface area contributed by atoms with Gasteiger partial charge in [0.1, 0.15) is 0 Å². The number of hydrogen-bond donors (Lipinski definition) is 0. The van der Waals surface area contributed by atoms with Gasteiger partial charge in [-0.1, -0.05) is 66.7 Å². The van der Waals surface area contributed by atoms with Crippen molar-refractivity contribution in [2.75, 3.05) is 0 Å². The standard InChI is InChI=1S/C32H20N2S/c1-4-10-28-24(7-1)25-8-2-5-11-29(25)33(28)22-14-16-23(17-15-22)34-30-12-6-3-9-26(30)27-18-13-21-19-20-35-32(21)31(27)34/h1-20H. The maximum absolute atomic E-state index is 2.43. The summed E-state index contributed by atoms with van der Waals surface area (Å²) in [6, 6.07) is 41.8. The molecule has 3 aromatic heterocycles. The summed E-state index contributed by atoms with van der Waals surface area (Å²) in [5, 5.41) is 8.67. The predicted molar refractivity (Wildman–Crippen MR) is 151 cm³/mol. The zero-order valence-corrected chi connectivity index (χ0v) is 19.7. The zero-order chi connectivity index (χ0) is 22.9. The summed E-state index contributed by atoms with van der Waals surface area (Å²) in [5.41, 5.74) is 7.36. The second kappa shape index (κ2) is 7.08. The molecule has 0 spiro atoms. The Morgan fingerprint density at radius 2 is 0.943 bits per heavy atom. The van der Waals surface area contributed by atoms with Crippen molar-refractivity contribution in [3.05, 3.63) is 121 Å². The van der Waals surface area contributed by atoms with Crippen LogP contribution < -0.4 is 0 Å². The highest BCUT2D eigenvalue weighted by Crippen LogP contribution is 2.39. The van der Waals surface area contributed by atoms with Gasteiger partial charge in [-0.3, -0.25) is 0 Å². The highest BCUT2D eigenvalue weighted by molar-refractivity contribution is 7.18. The smallest absolute Gasteiger partial charge is 0.0719 e. The molecule has 0 N–H and O–H groups in total. The molecule has 0 fully saturated rings. The van der Waals surface area contributed by atoms with E-state index >= 15 is 0 Å². The molecule has 0 amide bonds. The Hall–Kier alpha value is -4.34. The minimum absolute atomic E-state index is 1.17. The van der Waals surface area contributed by atoms with Gasteiger partial charge in [0.15, 0.2) is 0 Å². The summed E-state index contributed by atoms with van der Waals surface area (Å²) in [4.78, 5) is 0. The van der Waals surface area contributed by atoms with Gasteiger partial charge >= 0.3 is 0 Å². The van der Waals surface area contributed by atoms with Gasteiger partial charge in [0, 0.05) is 32.9 Å². The third kappa shape index (κ3) is 2.59. The van der Waals surface area contributed by atoms with Crippen molar-refractivity contribution in [1.29, 1.82) is 0 Å². The van der Waals surface area contributed by atoms with E-state index in [-0.39, 0.29) is 0 Å². The van der Waals surface area contributed by atoms with E-state index < -0.39 is 0 Å².